The van der Waals surface area contributed by atoms with Crippen molar-refractivity contribution >= 4 is 17.5 Å². The van der Waals surface area contributed by atoms with Crippen molar-refractivity contribution in [1.29, 1.82) is 0 Å². The Labute approximate surface area is 197 Å². The van der Waals surface area contributed by atoms with Crippen molar-refractivity contribution in [3.63, 3.8) is 0 Å². The van der Waals surface area contributed by atoms with E-state index >= 15 is 0 Å². The molecule has 4 fully saturated rings. The van der Waals surface area contributed by atoms with E-state index in [0.717, 1.165) is 19.3 Å². The van der Waals surface area contributed by atoms with Crippen LogP contribution in [-0.2, 0) is 14.4 Å². The van der Waals surface area contributed by atoms with E-state index in [4.69, 9.17) is 0 Å². The van der Waals surface area contributed by atoms with Gasteiger partial charge >= 0.3 is 29.6 Å². The number of Topliss-reactive ketones (excluding diaryl/α,β-unsaturated/α-hetero) is 2. The number of carbonyl (C=O) groups excluding carboxylic acids is 3. The van der Waals surface area contributed by atoms with E-state index in [0.29, 0.717) is 61.1 Å². The van der Waals surface area contributed by atoms with E-state index in [-0.39, 0.29) is 58.5 Å². The largest absolute Gasteiger partial charge is 1.00 e. The van der Waals surface area contributed by atoms with Gasteiger partial charge in [0.2, 0.25) is 0 Å². The molecule has 0 saturated heterocycles. The molecule has 5 heteroatoms. The maximum atomic E-state index is 13.1. The van der Waals surface area contributed by atoms with Crippen LogP contribution in [0.3, 0.4) is 0 Å². The minimum Gasteiger partial charge on any atom is -0.550 e. The molecule has 0 amide bonds. The summed E-state index contributed by atoms with van der Waals surface area (Å²) in [7, 11) is 0. The van der Waals surface area contributed by atoms with E-state index in [1.807, 2.05) is 0 Å². The summed E-state index contributed by atoms with van der Waals surface area (Å²) in [6.45, 7) is 6.93. The number of ketones is 2. The topological polar surface area (TPSA) is 74.3 Å². The maximum Gasteiger partial charge on any atom is 1.00 e. The molecule has 156 valence electrons. The number of fused-ring (bicyclic) bond motifs is 5. The Bertz CT molecular complexity index is 690. The molecule has 1 unspecified atom stereocenters. The third kappa shape index (κ3) is 3.80. The summed E-state index contributed by atoms with van der Waals surface area (Å²) in [6.07, 6.45) is 8.20. The van der Waals surface area contributed by atoms with E-state index in [2.05, 4.69) is 20.8 Å². The molecule has 8 atom stereocenters. The first-order chi connectivity index (χ1) is 13.2. The standard InChI is InChI=1S/C24H36O4.Na/c1-14(4-7-22(27)28)17-5-6-18-16-13-21(26)20-12-15(25)8-10-24(20,3)19(16)9-11-23(17,18)2;/h14,16-20H,4-13H2,1-3H3,(H,27,28);/q;+1/p-1/t14-,16+,17-,18+,19?,20+,23-,24-;/m1./s1. The third-order valence-corrected chi connectivity index (χ3v) is 9.84. The molecule has 4 aliphatic carbocycles. The minimum atomic E-state index is -0.945. The molecule has 0 N–H and O–H groups in total. The fraction of sp³-hybridized carbons (Fsp3) is 0.875. The Hall–Kier alpha value is -0.190. The number of aliphatic carboxylic acids is 1. The second-order valence-electron chi connectivity index (χ2n) is 11.0. The SMILES string of the molecule is C[C@H](CCC(=O)[O-])[C@H]1CC[C@H]2[C@@H]3CC(=O)[C@@H]4CC(=O)CC[C@]4(C)C3CC[C@]12C.[Na+]. The first-order valence-electron chi connectivity index (χ1n) is 11.4. The van der Waals surface area contributed by atoms with Crippen molar-refractivity contribution in [2.45, 2.75) is 85.0 Å². The van der Waals surface area contributed by atoms with Gasteiger partial charge in [0.15, 0.2) is 0 Å². The van der Waals surface area contributed by atoms with Crippen LogP contribution in [-0.4, -0.2) is 17.5 Å². The van der Waals surface area contributed by atoms with E-state index in [1.165, 1.54) is 12.8 Å². The van der Waals surface area contributed by atoms with Crippen LogP contribution < -0.4 is 34.7 Å². The average molecular weight is 411 g/mol. The Balaban J connectivity index is 0.00000240. The molecule has 0 spiro atoms. The number of hydrogen-bond acceptors (Lipinski definition) is 4. The molecule has 4 rings (SSSR count). The summed E-state index contributed by atoms with van der Waals surface area (Å²) < 4.78 is 0. The molecule has 0 bridgehead atoms. The molecule has 0 aromatic rings. The summed E-state index contributed by atoms with van der Waals surface area (Å²) in [5.41, 5.74) is 0.231. The van der Waals surface area contributed by atoms with Gasteiger partial charge in [-0.2, -0.15) is 0 Å². The van der Waals surface area contributed by atoms with E-state index < -0.39 is 5.97 Å². The molecule has 0 heterocycles. The van der Waals surface area contributed by atoms with Crippen LogP contribution in [0.25, 0.3) is 0 Å². The molecule has 29 heavy (non-hydrogen) atoms. The zero-order valence-corrected chi connectivity index (χ0v) is 20.7. The number of rotatable bonds is 4. The van der Waals surface area contributed by atoms with Gasteiger partial charge in [0.05, 0.1) is 0 Å². The van der Waals surface area contributed by atoms with Crippen molar-refractivity contribution in [1.82, 2.24) is 0 Å². The Morgan fingerprint density at radius 2 is 1.76 bits per heavy atom. The van der Waals surface area contributed by atoms with Crippen molar-refractivity contribution in [2.24, 2.45) is 46.3 Å². The van der Waals surface area contributed by atoms with Gasteiger partial charge in [0.1, 0.15) is 11.6 Å². The van der Waals surface area contributed by atoms with Crippen molar-refractivity contribution in [3.05, 3.63) is 0 Å². The van der Waals surface area contributed by atoms with Crippen molar-refractivity contribution in [3.8, 4) is 0 Å². The van der Waals surface area contributed by atoms with Crippen LogP contribution in [0, 0.1) is 46.3 Å². The average Bonchev–Trinajstić information content (AvgIpc) is 2.99. The Morgan fingerprint density at radius 1 is 1.07 bits per heavy atom. The van der Waals surface area contributed by atoms with Crippen molar-refractivity contribution < 1.29 is 49.0 Å². The van der Waals surface area contributed by atoms with Gasteiger partial charge in [-0.3, -0.25) is 9.59 Å². The minimum absolute atomic E-state index is 0. The molecule has 0 radical (unpaired) electrons. The van der Waals surface area contributed by atoms with Gasteiger partial charge in [-0.05, 0) is 85.4 Å². The van der Waals surface area contributed by atoms with Gasteiger partial charge in [-0.1, -0.05) is 20.8 Å². The van der Waals surface area contributed by atoms with Gasteiger partial charge in [0, 0.05) is 31.1 Å². The van der Waals surface area contributed by atoms with Crippen LogP contribution in [0.1, 0.15) is 85.0 Å². The summed E-state index contributed by atoms with van der Waals surface area (Å²) in [5, 5.41) is 10.9. The number of carboxylic acids is 1. The molecule has 0 aliphatic heterocycles. The van der Waals surface area contributed by atoms with Crippen LogP contribution in [0.15, 0.2) is 0 Å². The summed E-state index contributed by atoms with van der Waals surface area (Å²) in [5.74, 6) is 2.16. The quantitative estimate of drug-likeness (QED) is 0.635. The van der Waals surface area contributed by atoms with Gasteiger partial charge in [-0.25, -0.2) is 0 Å². The summed E-state index contributed by atoms with van der Waals surface area (Å²) in [6, 6.07) is 0. The predicted octanol–water partition coefficient (Wildman–Crippen LogP) is 0.564. The summed E-state index contributed by atoms with van der Waals surface area (Å²) >= 11 is 0. The smallest absolute Gasteiger partial charge is 0.550 e. The molecular weight excluding hydrogens is 375 g/mol. The second kappa shape index (κ2) is 8.39. The number of hydrogen-bond donors (Lipinski definition) is 0. The predicted molar refractivity (Wildman–Crippen MR) is 104 cm³/mol. The van der Waals surface area contributed by atoms with Gasteiger partial charge in [-0.15, -0.1) is 0 Å². The van der Waals surface area contributed by atoms with Gasteiger partial charge in [0.25, 0.3) is 0 Å². The maximum absolute atomic E-state index is 13.1. The monoisotopic (exact) mass is 410 g/mol. The third-order valence-electron chi connectivity index (χ3n) is 9.84. The molecule has 0 aromatic heterocycles. The molecule has 0 aromatic carbocycles. The number of carbonyl (C=O) groups is 3. The van der Waals surface area contributed by atoms with E-state index in [1.54, 1.807) is 0 Å². The van der Waals surface area contributed by atoms with E-state index in [9.17, 15) is 19.5 Å². The number of carboxylic acid groups (broad SMARTS) is 1. The molecule has 4 saturated carbocycles. The molecular formula is C24H35NaO4. The van der Waals surface area contributed by atoms with Crippen LogP contribution in [0.4, 0.5) is 0 Å². The van der Waals surface area contributed by atoms with Crippen LogP contribution >= 0.6 is 0 Å². The Morgan fingerprint density at radius 3 is 2.45 bits per heavy atom. The van der Waals surface area contributed by atoms with Crippen LogP contribution in [0.2, 0.25) is 0 Å². The first-order valence-corrected chi connectivity index (χ1v) is 11.4. The zero-order chi connectivity index (χ0) is 20.3. The van der Waals surface area contributed by atoms with Gasteiger partial charge < -0.3 is 9.90 Å². The normalized spacial score (nSPS) is 44.9. The van der Waals surface area contributed by atoms with Crippen LogP contribution in [0.5, 0.6) is 0 Å². The second-order valence-corrected chi connectivity index (χ2v) is 11.0. The zero-order valence-electron chi connectivity index (χ0n) is 18.7. The molecule has 4 aliphatic rings. The fourth-order valence-electron chi connectivity index (χ4n) is 8.36. The summed E-state index contributed by atoms with van der Waals surface area (Å²) in [4.78, 5) is 36.0. The Kier molecular flexibility index (Phi) is 6.79. The molecule has 4 nitrogen and oxygen atoms in total. The first kappa shape index (κ1) is 23.5. The van der Waals surface area contributed by atoms with Crippen molar-refractivity contribution in [2.75, 3.05) is 0 Å². The fourth-order valence-corrected chi connectivity index (χ4v) is 8.36.